The summed E-state index contributed by atoms with van der Waals surface area (Å²) in [4.78, 5) is 24.4. The Morgan fingerprint density at radius 3 is 1.21 bits per heavy atom. The fourth-order valence-corrected chi connectivity index (χ4v) is 3.52. The Balaban J connectivity index is 4.58. The van der Waals surface area contributed by atoms with Gasteiger partial charge in [0.05, 0.1) is 0 Å². The molecule has 0 heterocycles. The summed E-state index contributed by atoms with van der Waals surface area (Å²) in [5, 5.41) is -0.0136. The van der Waals surface area contributed by atoms with E-state index in [1.165, 1.54) is 0 Å². The van der Waals surface area contributed by atoms with Crippen LogP contribution in [0.25, 0.3) is 0 Å². The van der Waals surface area contributed by atoms with E-state index in [4.69, 9.17) is 8.85 Å². The molecule has 0 atom stereocenters. The minimum Gasteiger partial charge on any atom is -0.519 e. The number of hydrogen-bond acceptors (Lipinski definition) is 4. The standard InChI is InChI=1S/C18H38O4Si2/c1-14(12-15(19)21-23(8,9)17(2,3)4)13-16(20)22-24(10,11)18(5,6)7/h14H,12-13H2,1-11H3. The van der Waals surface area contributed by atoms with Crippen molar-refractivity contribution in [3.8, 4) is 0 Å². The van der Waals surface area contributed by atoms with Crippen molar-refractivity contribution in [3.63, 3.8) is 0 Å². The summed E-state index contributed by atoms with van der Waals surface area (Å²) in [6.45, 7) is 22.8. The molecule has 0 rings (SSSR count). The van der Waals surface area contributed by atoms with Crippen molar-refractivity contribution >= 4 is 28.6 Å². The van der Waals surface area contributed by atoms with Gasteiger partial charge < -0.3 is 8.85 Å². The maximum Gasteiger partial charge on any atom is 0.292 e. The topological polar surface area (TPSA) is 52.6 Å². The second-order valence-corrected chi connectivity index (χ2v) is 19.4. The molecule has 0 radical (unpaired) electrons. The predicted molar refractivity (Wildman–Crippen MR) is 105 cm³/mol. The summed E-state index contributed by atoms with van der Waals surface area (Å²) in [5.41, 5.74) is 0. The molecule has 0 aromatic carbocycles. The highest BCUT2D eigenvalue weighted by atomic mass is 28.4. The molecule has 0 aliphatic rings. The summed E-state index contributed by atoms with van der Waals surface area (Å²) in [5.74, 6) is -0.469. The van der Waals surface area contributed by atoms with Gasteiger partial charge in [-0.05, 0) is 42.2 Å². The molecule has 0 N–H and O–H groups in total. The van der Waals surface area contributed by atoms with Crippen LogP contribution in [0, 0.1) is 5.92 Å². The van der Waals surface area contributed by atoms with Crippen molar-refractivity contribution in [2.24, 2.45) is 5.92 Å². The molecule has 0 spiro atoms. The third-order valence-corrected chi connectivity index (χ3v) is 14.1. The van der Waals surface area contributed by atoms with Gasteiger partial charge in [0.25, 0.3) is 28.6 Å². The van der Waals surface area contributed by atoms with Crippen LogP contribution in [0.15, 0.2) is 0 Å². The molecule has 0 aliphatic heterocycles. The first-order valence-electron chi connectivity index (χ1n) is 8.83. The van der Waals surface area contributed by atoms with Crippen LogP contribution in [-0.2, 0) is 18.4 Å². The lowest BCUT2D eigenvalue weighted by Gasteiger charge is -2.36. The minimum atomic E-state index is -2.10. The Labute approximate surface area is 151 Å². The first kappa shape index (κ1) is 23.4. The summed E-state index contributed by atoms with van der Waals surface area (Å²) < 4.78 is 11.5. The largest absolute Gasteiger partial charge is 0.519 e. The molecule has 0 unspecified atom stereocenters. The van der Waals surface area contributed by atoms with Crippen molar-refractivity contribution in [1.29, 1.82) is 0 Å². The van der Waals surface area contributed by atoms with Crippen LogP contribution in [0.2, 0.25) is 36.3 Å². The second-order valence-electron chi connectivity index (χ2n) is 9.98. The van der Waals surface area contributed by atoms with E-state index >= 15 is 0 Å². The quantitative estimate of drug-likeness (QED) is 0.576. The Bertz CT molecular complexity index is 415. The number of carbonyl (C=O) groups is 2. The van der Waals surface area contributed by atoms with Crippen LogP contribution in [-0.4, -0.2) is 28.6 Å². The number of rotatable bonds is 6. The maximum absolute atomic E-state index is 12.2. The molecule has 0 amide bonds. The van der Waals surface area contributed by atoms with Gasteiger partial charge >= 0.3 is 0 Å². The predicted octanol–water partition coefficient (Wildman–Crippen LogP) is 5.50. The molecule has 0 aromatic rings. The van der Waals surface area contributed by atoms with Gasteiger partial charge in [-0.15, -0.1) is 0 Å². The molecular weight excluding hydrogens is 336 g/mol. The monoisotopic (exact) mass is 374 g/mol. The van der Waals surface area contributed by atoms with E-state index in [1.807, 2.05) is 6.92 Å². The van der Waals surface area contributed by atoms with Gasteiger partial charge in [-0.25, -0.2) is 0 Å². The van der Waals surface area contributed by atoms with Crippen LogP contribution in [0.4, 0.5) is 0 Å². The van der Waals surface area contributed by atoms with Crippen LogP contribution < -0.4 is 0 Å². The average Bonchev–Trinajstić information content (AvgIpc) is 2.22. The molecular formula is C18H38O4Si2. The lowest BCUT2D eigenvalue weighted by molar-refractivity contribution is -0.138. The first-order chi connectivity index (χ1) is 10.4. The van der Waals surface area contributed by atoms with Crippen LogP contribution in [0.1, 0.15) is 61.3 Å². The van der Waals surface area contributed by atoms with Crippen molar-refractivity contribution in [2.75, 3.05) is 0 Å². The van der Waals surface area contributed by atoms with Gasteiger partial charge in [0.2, 0.25) is 0 Å². The highest BCUT2D eigenvalue weighted by Crippen LogP contribution is 2.38. The highest BCUT2D eigenvalue weighted by molar-refractivity contribution is 6.75. The zero-order valence-corrected chi connectivity index (χ0v) is 19.6. The molecule has 0 fully saturated rings. The fraction of sp³-hybridized carbons (Fsp3) is 0.889. The molecule has 0 aromatic heterocycles. The van der Waals surface area contributed by atoms with E-state index < -0.39 is 16.6 Å². The van der Waals surface area contributed by atoms with Gasteiger partial charge in [-0.3, -0.25) is 9.59 Å². The van der Waals surface area contributed by atoms with E-state index in [1.54, 1.807) is 0 Å². The molecule has 24 heavy (non-hydrogen) atoms. The first-order valence-corrected chi connectivity index (χ1v) is 14.6. The van der Waals surface area contributed by atoms with Crippen molar-refractivity contribution in [2.45, 2.75) is 97.6 Å². The van der Waals surface area contributed by atoms with Gasteiger partial charge in [0.15, 0.2) is 0 Å². The second kappa shape index (κ2) is 7.73. The van der Waals surface area contributed by atoms with Gasteiger partial charge in [0.1, 0.15) is 0 Å². The highest BCUT2D eigenvalue weighted by Gasteiger charge is 2.41. The smallest absolute Gasteiger partial charge is 0.292 e. The number of hydrogen-bond donors (Lipinski definition) is 0. The summed E-state index contributed by atoms with van der Waals surface area (Å²) in [7, 11) is -4.19. The number of carbonyl (C=O) groups excluding carboxylic acids is 2. The van der Waals surface area contributed by atoms with Crippen molar-refractivity contribution in [3.05, 3.63) is 0 Å². The van der Waals surface area contributed by atoms with Crippen LogP contribution in [0.3, 0.4) is 0 Å². The van der Waals surface area contributed by atoms with Gasteiger partial charge in [-0.1, -0.05) is 48.5 Å². The maximum atomic E-state index is 12.2. The Hall–Kier alpha value is -0.626. The SMILES string of the molecule is CC(CC(=O)O[Si](C)(C)C(C)(C)C)CC(=O)O[Si](C)(C)C(C)(C)C. The van der Waals surface area contributed by atoms with E-state index in [0.29, 0.717) is 0 Å². The van der Waals surface area contributed by atoms with Crippen LogP contribution in [0.5, 0.6) is 0 Å². The van der Waals surface area contributed by atoms with Gasteiger partial charge in [-0.2, -0.15) is 0 Å². The Kier molecular flexibility index (Phi) is 7.52. The zero-order chi connectivity index (χ0) is 19.6. The van der Waals surface area contributed by atoms with Crippen molar-refractivity contribution < 1.29 is 18.4 Å². The van der Waals surface area contributed by atoms with E-state index in [0.717, 1.165) is 0 Å². The summed E-state index contributed by atoms with van der Waals surface area (Å²) in [6, 6.07) is 0. The van der Waals surface area contributed by atoms with Crippen LogP contribution >= 0.6 is 0 Å². The molecule has 142 valence electrons. The average molecular weight is 375 g/mol. The molecule has 0 bridgehead atoms. The Morgan fingerprint density at radius 1 is 0.750 bits per heavy atom. The molecule has 0 aliphatic carbocycles. The van der Waals surface area contributed by atoms with E-state index in [9.17, 15) is 9.59 Å². The molecule has 0 saturated carbocycles. The molecule has 0 saturated heterocycles. The zero-order valence-electron chi connectivity index (χ0n) is 17.6. The molecule has 4 nitrogen and oxygen atoms in total. The normalized spacial score (nSPS) is 13.8. The minimum absolute atomic E-state index is 0.00678. The fourth-order valence-electron chi connectivity index (χ4n) is 1.60. The lowest BCUT2D eigenvalue weighted by Crippen LogP contribution is -2.43. The van der Waals surface area contributed by atoms with E-state index in [-0.39, 0.29) is 40.8 Å². The van der Waals surface area contributed by atoms with Gasteiger partial charge in [0, 0.05) is 12.8 Å². The van der Waals surface area contributed by atoms with E-state index in [2.05, 4.69) is 67.7 Å². The van der Waals surface area contributed by atoms with Crippen molar-refractivity contribution in [1.82, 2.24) is 0 Å². The summed E-state index contributed by atoms with van der Waals surface area (Å²) >= 11 is 0. The molecule has 6 heteroatoms. The summed E-state index contributed by atoms with van der Waals surface area (Å²) in [6.07, 6.45) is 0.526. The third-order valence-electron chi connectivity index (χ3n) is 5.38. The lowest BCUT2D eigenvalue weighted by atomic mass is 10.0. The third kappa shape index (κ3) is 7.09. The Morgan fingerprint density at radius 2 is 1.00 bits per heavy atom.